The molecule has 2 heterocycles. The Hall–Kier alpha value is -2.13. The van der Waals surface area contributed by atoms with Crippen molar-refractivity contribution in [3.8, 4) is 5.75 Å². The van der Waals surface area contributed by atoms with E-state index in [1.807, 2.05) is 6.92 Å². The molecule has 2 aliphatic rings. The molecule has 1 fully saturated rings. The average molecular weight is 424 g/mol. The fraction of sp³-hybridized carbons (Fsp3) is 0.600. The Morgan fingerprint density at radius 3 is 2.52 bits per heavy atom. The number of anilines is 1. The minimum Gasteiger partial charge on any atom is -0.478 e. The number of benzene rings is 1. The fourth-order valence-corrected chi connectivity index (χ4v) is 5.03. The molecular weight excluding hydrogens is 394 g/mol. The van der Waals surface area contributed by atoms with Crippen LogP contribution in [0.15, 0.2) is 17.0 Å². The molecule has 0 saturated carbocycles. The van der Waals surface area contributed by atoms with E-state index in [0.717, 1.165) is 30.0 Å². The third-order valence-corrected chi connectivity index (χ3v) is 7.42. The summed E-state index contributed by atoms with van der Waals surface area (Å²) in [5, 5.41) is 2.76. The number of ether oxygens (including phenoxy) is 1. The highest BCUT2D eigenvalue weighted by molar-refractivity contribution is 7.89. The van der Waals surface area contributed by atoms with E-state index >= 15 is 0 Å². The molecule has 2 aliphatic heterocycles. The molecule has 1 saturated heterocycles. The first-order valence-corrected chi connectivity index (χ1v) is 11.5. The van der Waals surface area contributed by atoms with Crippen LogP contribution in [0.3, 0.4) is 0 Å². The van der Waals surface area contributed by atoms with Crippen molar-refractivity contribution < 1.29 is 22.7 Å². The van der Waals surface area contributed by atoms with Crippen LogP contribution in [0.25, 0.3) is 0 Å². The molecule has 1 aromatic rings. The van der Waals surface area contributed by atoms with Crippen molar-refractivity contribution in [3.05, 3.63) is 17.7 Å². The monoisotopic (exact) mass is 423 g/mol. The van der Waals surface area contributed by atoms with Gasteiger partial charge in [-0.05, 0) is 37.8 Å². The summed E-state index contributed by atoms with van der Waals surface area (Å²) < 4.78 is 33.1. The SMILES string of the molecule is CCC1Oc2cc(S(=O)(=O)N(C)CC(=O)N3CCCCCC3)c(C)cc2NC1=O. The van der Waals surface area contributed by atoms with Gasteiger partial charge in [0.15, 0.2) is 6.10 Å². The highest BCUT2D eigenvalue weighted by Gasteiger charge is 2.31. The Morgan fingerprint density at radius 1 is 1.24 bits per heavy atom. The minimum absolute atomic E-state index is 0.0772. The van der Waals surface area contributed by atoms with Gasteiger partial charge in [-0.1, -0.05) is 19.8 Å². The van der Waals surface area contributed by atoms with Crippen LogP contribution in [0.2, 0.25) is 0 Å². The number of hydrogen-bond donors (Lipinski definition) is 1. The predicted molar refractivity (Wildman–Crippen MR) is 109 cm³/mol. The normalized spacial score (nSPS) is 19.9. The largest absolute Gasteiger partial charge is 0.478 e. The maximum absolute atomic E-state index is 13.2. The highest BCUT2D eigenvalue weighted by Crippen LogP contribution is 2.35. The second-order valence-corrected chi connectivity index (χ2v) is 9.69. The molecule has 0 radical (unpaired) electrons. The number of aryl methyl sites for hydroxylation is 1. The van der Waals surface area contributed by atoms with E-state index in [1.165, 1.54) is 13.1 Å². The molecule has 0 aliphatic carbocycles. The standard InChI is InChI=1S/C20H29N3O5S/c1-4-16-20(25)21-15-11-14(2)18(12-17(15)28-16)29(26,27)22(3)13-19(24)23-9-7-5-6-8-10-23/h11-12,16H,4-10,13H2,1-3H3,(H,21,25). The number of amides is 2. The number of nitrogens with zero attached hydrogens (tertiary/aromatic N) is 2. The first-order chi connectivity index (χ1) is 13.7. The Bertz CT molecular complexity index is 892. The summed E-state index contributed by atoms with van der Waals surface area (Å²) in [6.45, 7) is 4.64. The number of likely N-dealkylation sites (tertiary alicyclic amines) is 1. The summed E-state index contributed by atoms with van der Waals surface area (Å²) in [5.41, 5.74) is 0.941. The molecule has 3 rings (SSSR count). The lowest BCUT2D eigenvalue weighted by molar-refractivity contribution is -0.131. The fourth-order valence-electron chi connectivity index (χ4n) is 3.69. The number of fused-ring (bicyclic) bond motifs is 1. The lowest BCUT2D eigenvalue weighted by Gasteiger charge is -2.27. The van der Waals surface area contributed by atoms with Crippen molar-refractivity contribution in [2.75, 3.05) is 32.0 Å². The summed E-state index contributed by atoms with van der Waals surface area (Å²) >= 11 is 0. The van der Waals surface area contributed by atoms with Crippen molar-refractivity contribution in [1.29, 1.82) is 0 Å². The van der Waals surface area contributed by atoms with Crippen LogP contribution in [0.4, 0.5) is 5.69 Å². The number of sulfonamides is 1. The summed E-state index contributed by atoms with van der Waals surface area (Å²) in [5.74, 6) is -0.0915. The molecule has 9 heteroatoms. The van der Waals surface area contributed by atoms with Crippen LogP contribution in [-0.4, -0.2) is 62.2 Å². The van der Waals surface area contributed by atoms with Crippen molar-refractivity contribution in [3.63, 3.8) is 0 Å². The first-order valence-electron chi connectivity index (χ1n) is 10.1. The molecule has 0 bridgehead atoms. The Kier molecular flexibility index (Phi) is 6.48. The van der Waals surface area contributed by atoms with Crippen molar-refractivity contribution in [2.45, 2.75) is 57.0 Å². The molecule has 2 amide bonds. The second-order valence-electron chi connectivity index (χ2n) is 7.67. The molecule has 1 unspecified atom stereocenters. The number of carbonyl (C=O) groups is 2. The van der Waals surface area contributed by atoms with E-state index in [9.17, 15) is 18.0 Å². The van der Waals surface area contributed by atoms with Crippen molar-refractivity contribution >= 4 is 27.5 Å². The van der Waals surface area contributed by atoms with Crippen LogP contribution in [0.1, 0.15) is 44.6 Å². The predicted octanol–water partition coefficient (Wildman–Crippen LogP) is 2.13. The van der Waals surface area contributed by atoms with Gasteiger partial charge in [-0.2, -0.15) is 4.31 Å². The lowest BCUT2D eigenvalue weighted by atomic mass is 10.1. The Labute approximate surface area is 172 Å². The first kappa shape index (κ1) is 21.6. The van der Waals surface area contributed by atoms with E-state index in [0.29, 0.717) is 36.5 Å². The van der Waals surface area contributed by atoms with Crippen LogP contribution in [0.5, 0.6) is 5.75 Å². The second kappa shape index (κ2) is 8.71. The van der Waals surface area contributed by atoms with Gasteiger partial charge in [-0.3, -0.25) is 9.59 Å². The van der Waals surface area contributed by atoms with Gasteiger partial charge in [0, 0.05) is 26.2 Å². The molecule has 0 aromatic heterocycles. The van der Waals surface area contributed by atoms with Crippen LogP contribution in [-0.2, 0) is 19.6 Å². The molecule has 8 nitrogen and oxygen atoms in total. The minimum atomic E-state index is -3.89. The van der Waals surface area contributed by atoms with E-state index in [4.69, 9.17) is 4.74 Å². The maximum Gasteiger partial charge on any atom is 0.265 e. The highest BCUT2D eigenvalue weighted by atomic mass is 32.2. The number of likely N-dealkylation sites (N-methyl/N-ethyl adjacent to an activating group) is 1. The van der Waals surface area contributed by atoms with Gasteiger partial charge in [-0.15, -0.1) is 0 Å². The molecule has 1 N–H and O–H groups in total. The van der Waals surface area contributed by atoms with Gasteiger partial charge >= 0.3 is 0 Å². The number of hydrogen-bond acceptors (Lipinski definition) is 5. The molecule has 160 valence electrons. The van der Waals surface area contributed by atoms with E-state index in [1.54, 1.807) is 17.9 Å². The lowest BCUT2D eigenvalue weighted by Crippen LogP contribution is -2.41. The zero-order chi connectivity index (χ0) is 21.2. The van der Waals surface area contributed by atoms with E-state index in [-0.39, 0.29) is 23.3 Å². The molecular formula is C20H29N3O5S. The summed E-state index contributed by atoms with van der Waals surface area (Å²) in [7, 11) is -2.47. The average Bonchev–Trinajstić information content (AvgIpc) is 2.96. The zero-order valence-corrected chi connectivity index (χ0v) is 18.0. The molecule has 29 heavy (non-hydrogen) atoms. The van der Waals surface area contributed by atoms with Crippen LogP contribution >= 0.6 is 0 Å². The summed E-state index contributed by atoms with van der Waals surface area (Å²) in [6, 6.07) is 3.03. The van der Waals surface area contributed by atoms with Crippen molar-refractivity contribution in [1.82, 2.24) is 9.21 Å². The number of rotatable bonds is 5. The summed E-state index contributed by atoms with van der Waals surface area (Å²) in [4.78, 5) is 26.4. The van der Waals surface area contributed by atoms with Gasteiger partial charge in [0.05, 0.1) is 17.1 Å². The van der Waals surface area contributed by atoms with Crippen LogP contribution in [0, 0.1) is 6.92 Å². The van der Waals surface area contributed by atoms with Gasteiger partial charge in [-0.25, -0.2) is 8.42 Å². The molecule has 1 atom stereocenters. The third kappa shape index (κ3) is 4.56. The Balaban J connectivity index is 1.81. The molecule has 0 spiro atoms. The van der Waals surface area contributed by atoms with E-state index < -0.39 is 16.1 Å². The third-order valence-electron chi connectivity index (χ3n) is 5.47. The number of nitrogens with one attached hydrogen (secondary N) is 1. The molecule has 1 aromatic carbocycles. The number of carbonyl (C=O) groups excluding carboxylic acids is 2. The van der Waals surface area contributed by atoms with Gasteiger partial charge in [0.1, 0.15) is 5.75 Å². The topological polar surface area (TPSA) is 96.0 Å². The van der Waals surface area contributed by atoms with E-state index in [2.05, 4.69) is 5.32 Å². The smallest absolute Gasteiger partial charge is 0.265 e. The summed E-state index contributed by atoms with van der Waals surface area (Å²) in [6.07, 6.45) is 3.93. The van der Waals surface area contributed by atoms with Gasteiger partial charge < -0.3 is 15.0 Å². The maximum atomic E-state index is 13.2. The van der Waals surface area contributed by atoms with Crippen molar-refractivity contribution in [2.24, 2.45) is 0 Å². The van der Waals surface area contributed by atoms with Gasteiger partial charge in [0.25, 0.3) is 5.91 Å². The zero-order valence-electron chi connectivity index (χ0n) is 17.2. The quantitative estimate of drug-likeness (QED) is 0.783. The van der Waals surface area contributed by atoms with Crippen LogP contribution < -0.4 is 10.1 Å². The Morgan fingerprint density at radius 2 is 1.90 bits per heavy atom. The van der Waals surface area contributed by atoms with Gasteiger partial charge in [0.2, 0.25) is 15.9 Å².